The van der Waals surface area contributed by atoms with Gasteiger partial charge in [0.05, 0.1) is 13.2 Å². The molecule has 2 rings (SSSR count). The molecule has 1 aliphatic rings. The topological polar surface area (TPSA) is 75.9 Å². The van der Waals surface area contributed by atoms with Crippen LogP contribution in [0.15, 0.2) is 24.3 Å². The Balaban J connectivity index is 1.63. The number of ether oxygens (including phenoxy) is 1. The van der Waals surface area contributed by atoms with E-state index in [-0.39, 0.29) is 17.7 Å². The third-order valence-corrected chi connectivity index (χ3v) is 4.67. The van der Waals surface area contributed by atoms with E-state index in [0.717, 1.165) is 38.1 Å². The highest BCUT2D eigenvalue weighted by molar-refractivity contribution is 5.78. The van der Waals surface area contributed by atoms with E-state index in [0.29, 0.717) is 19.7 Å². The lowest BCUT2D eigenvalue weighted by molar-refractivity contribution is -0.131. The monoisotopic (exact) mass is 347 g/mol. The largest absolute Gasteiger partial charge is 0.494 e. The van der Waals surface area contributed by atoms with Gasteiger partial charge in [0.2, 0.25) is 11.8 Å². The Morgan fingerprint density at radius 3 is 2.68 bits per heavy atom. The molecule has 0 atom stereocenters. The predicted molar refractivity (Wildman–Crippen MR) is 97.3 cm³/mol. The highest BCUT2D eigenvalue weighted by atomic mass is 16.5. The lowest BCUT2D eigenvalue weighted by Gasteiger charge is -2.31. The van der Waals surface area contributed by atoms with Gasteiger partial charge < -0.3 is 15.4 Å². The molecule has 0 aliphatic carbocycles. The van der Waals surface area contributed by atoms with Crippen molar-refractivity contribution in [2.45, 2.75) is 26.2 Å². The first kappa shape index (κ1) is 19.2. The van der Waals surface area contributed by atoms with Gasteiger partial charge in [-0.15, -0.1) is 0 Å². The number of aryl methyl sites for hydroxylation is 1. The van der Waals surface area contributed by atoms with Crippen molar-refractivity contribution in [2.75, 3.05) is 39.8 Å². The molecule has 0 aromatic heterocycles. The number of piperidine rings is 1. The fourth-order valence-electron chi connectivity index (χ4n) is 3.01. The maximum Gasteiger partial charge on any atom is 0.236 e. The minimum atomic E-state index is -0.225. The molecule has 6 nitrogen and oxygen atoms in total. The second-order valence-electron chi connectivity index (χ2n) is 6.79. The molecule has 1 fully saturated rings. The van der Waals surface area contributed by atoms with Crippen molar-refractivity contribution in [2.24, 2.45) is 11.7 Å². The van der Waals surface area contributed by atoms with E-state index in [1.807, 2.05) is 38.2 Å². The summed E-state index contributed by atoms with van der Waals surface area (Å²) in [6.45, 7) is 5.20. The number of nitrogens with zero attached hydrogens (tertiary/aromatic N) is 2. The Morgan fingerprint density at radius 1 is 1.32 bits per heavy atom. The molecule has 1 aromatic rings. The van der Waals surface area contributed by atoms with Crippen molar-refractivity contribution in [1.82, 2.24) is 9.80 Å². The molecule has 0 bridgehead atoms. The molecule has 0 saturated carbocycles. The SMILES string of the molecule is Cc1cccc(OCCCN(C)C(=O)CN2CCC(C(N)=O)CC2)c1. The molecule has 1 aromatic carbocycles. The van der Waals surface area contributed by atoms with Crippen molar-refractivity contribution >= 4 is 11.8 Å². The number of carbonyl (C=O) groups excluding carboxylic acids is 2. The van der Waals surface area contributed by atoms with E-state index < -0.39 is 0 Å². The molecular weight excluding hydrogens is 318 g/mol. The minimum absolute atomic E-state index is 0.0390. The number of likely N-dealkylation sites (N-methyl/N-ethyl adjacent to an activating group) is 1. The summed E-state index contributed by atoms with van der Waals surface area (Å²) in [6, 6.07) is 7.95. The summed E-state index contributed by atoms with van der Waals surface area (Å²) in [6.07, 6.45) is 2.28. The van der Waals surface area contributed by atoms with Gasteiger partial charge in [-0.25, -0.2) is 0 Å². The number of carbonyl (C=O) groups is 2. The van der Waals surface area contributed by atoms with Gasteiger partial charge in [0.1, 0.15) is 5.75 Å². The second-order valence-corrected chi connectivity index (χ2v) is 6.79. The first-order valence-corrected chi connectivity index (χ1v) is 8.91. The smallest absolute Gasteiger partial charge is 0.236 e. The van der Waals surface area contributed by atoms with Gasteiger partial charge in [0.15, 0.2) is 0 Å². The van der Waals surface area contributed by atoms with Crippen molar-refractivity contribution in [3.8, 4) is 5.75 Å². The maximum absolute atomic E-state index is 12.3. The molecule has 2 amide bonds. The molecule has 138 valence electrons. The number of hydrogen-bond donors (Lipinski definition) is 1. The fourth-order valence-corrected chi connectivity index (χ4v) is 3.01. The van der Waals surface area contributed by atoms with Gasteiger partial charge in [-0.1, -0.05) is 12.1 Å². The summed E-state index contributed by atoms with van der Waals surface area (Å²) >= 11 is 0. The Morgan fingerprint density at radius 2 is 2.04 bits per heavy atom. The quantitative estimate of drug-likeness (QED) is 0.722. The highest BCUT2D eigenvalue weighted by Gasteiger charge is 2.24. The summed E-state index contributed by atoms with van der Waals surface area (Å²) in [5.74, 6) is 0.707. The second kappa shape index (κ2) is 9.42. The number of hydrogen-bond acceptors (Lipinski definition) is 4. The zero-order valence-electron chi connectivity index (χ0n) is 15.2. The Hall–Kier alpha value is -2.08. The third kappa shape index (κ3) is 6.38. The van der Waals surface area contributed by atoms with E-state index in [2.05, 4.69) is 4.90 Å². The zero-order chi connectivity index (χ0) is 18.2. The molecule has 1 saturated heterocycles. The first-order valence-electron chi connectivity index (χ1n) is 8.91. The van der Waals surface area contributed by atoms with Gasteiger partial charge in [-0.05, 0) is 57.0 Å². The van der Waals surface area contributed by atoms with Gasteiger partial charge in [0.25, 0.3) is 0 Å². The van der Waals surface area contributed by atoms with E-state index >= 15 is 0 Å². The van der Waals surface area contributed by atoms with Crippen LogP contribution in [0.25, 0.3) is 0 Å². The normalized spacial score (nSPS) is 15.8. The number of primary amides is 1. The van der Waals surface area contributed by atoms with Gasteiger partial charge >= 0.3 is 0 Å². The molecule has 6 heteroatoms. The molecular formula is C19H29N3O3. The van der Waals surface area contributed by atoms with Crippen LogP contribution in [0.4, 0.5) is 0 Å². The molecule has 2 N–H and O–H groups in total. The number of amides is 2. The van der Waals surface area contributed by atoms with Crippen molar-refractivity contribution in [1.29, 1.82) is 0 Å². The van der Waals surface area contributed by atoms with Crippen LogP contribution in [0.1, 0.15) is 24.8 Å². The molecule has 0 spiro atoms. The summed E-state index contributed by atoms with van der Waals surface area (Å²) < 4.78 is 5.71. The van der Waals surface area contributed by atoms with E-state index in [1.165, 1.54) is 5.56 Å². The van der Waals surface area contributed by atoms with Crippen molar-refractivity contribution in [3.05, 3.63) is 29.8 Å². The van der Waals surface area contributed by atoms with Crippen molar-refractivity contribution < 1.29 is 14.3 Å². The van der Waals surface area contributed by atoms with Crippen LogP contribution in [0.5, 0.6) is 5.75 Å². The minimum Gasteiger partial charge on any atom is -0.494 e. The number of likely N-dealkylation sites (tertiary alicyclic amines) is 1. The average molecular weight is 347 g/mol. The number of rotatable bonds is 8. The van der Waals surface area contributed by atoms with Crippen LogP contribution in [-0.2, 0) is 9.59 Å². The summed E-state index contributed by atoms with van der Waals surface area (Å²) in [4.78, 5) is 27.3. The summed E-state index contributed by atoms with van der Waals surface area (Å²) in [5.41, 5.74) is 6.51. The zero-order valence-corrected chi connectivity index (χ0v) is 15.2. The summed E-state index contributed by atoms with van der Waals surface area (Å²) in [5, 5.41) is 0. The van der Waals surface area contributed by atoms with E-state index in [1.54, 1.807) is 4.90 Å². The van der Waals surface area contributed by atoms with Crippen molar-refractivity contribution in [3.63, 3.8) is 0 Å². The molecule has 0 radical (unpaired) electrons. The first-order chi connectivity index (χ1) is 12.0. The fraction of sp³-hybridized carbons (Fsp3) is 0.579. The molecule has 1 heterocycles. The molecule has 1 aliphatic heterocycles. The van der Waals surface area contributed by atoms with Gasteiger partial charge in [0, 0.05) is 19.5 Å². The van der Waals surface area contributed by atoms with Crippen LogP contribution in [0.2, 0.25) is 0 Å². The third-order valence-electron chi connectivity index (χ3n) is 4.67. The number of nitrogens with two attached hydrogens (primary N) is 1. The van der Waals surface area contributed by atoms with Crippen LogP contribution in [-0.4, -0.2) is 61.4 Å². The highest BCUT2D eigenvalue weighted by Crippen LogP contribution is 2.16. The Kier molecular flexibility index (Phi) is 7.25. The Labute approximate surface area is 149 Å². The van der Waals surface area contributed by atoms with E-state index in [4.69, 9.17) is 10.5 Å². The lowest BCUT2D eigenvalue weighted by atomic mass is 9.96. The standard InChI is InChI=1S/C19H29N3O3/c1-15-5-3-6-17(13-15)25-12-4-9-21(2)18(23)14-22-10-7-16(8-11-22)19(20)24/h3,5-6,13,16H,4,7-12,14H2,1-2H3,(H2,20,24). The molecule has 25 heavy (non-hydrogen) atoms. The maximum atomic E-state index is 12.3. The van der Waals surface area contributed by atoms with Gasteiger partial charge in [-0.2, -0.15) is 0 Å². The average Bonchev–Trinajstić information content (AvgIpc) is 2.59. The summed E-state index contributed by atoms with van der Waals surface area (Å²) in [7, 11) is 1.82. The predicted octanol–water partition coefficient (Wildman–Crippen LogP) is 1.42. The number of benzene rings is 1. The Bertz CT molecular complexity index is 583. The lowest BCUT2D eigenvalue weighted by Crippen LogP contribution is -2.44. The van der Waals surface area contributed by atoms with Crippen LogP contribution < -0.4 is 10.5 Å². The van der Waals surface area contributed by atoms with Crippen LogP contribution in [0, 0.1) is 12.8 Å². The van der Waals surface area contributed by atoms with Gasteiger partial charge in [-0.3, -0.25) is 14.5 Å². The van der Waals surface area contributed by atoms with E-state index in [9.17, 15) is 9.59 Å². The van der Waals surface area contributed by atoms with Crippen LogP contribution >= 0.6 is 0 Å². The van der Waals surface area contributed by atoms with Crippen LogP contribution in [0.3, 0.4) is 0 Å². The molecule has 0 unspecified atom stereocenters.